The highest BCUT2D eigenvalue weighted by Gasteiger charge is 1.88. The van der Waals surface area contributed by atoms with Crippen LogP contribution in [-0.2, 0) is 6.42 Å². The van der Waals surface area contributed by atoms with Crippen molar-refractivity contribution in [1.29, 1.82) is 0 Å². The van der Waals surface area contributed by atoms with Crippen molar-refractivity contribution in [3.8, 4) is 12.3 Å². The summed E-state index contributed by atoms with van der Waals surface area (Å²) in [6.45, 7) is 0. The largest absolute Gasteiger partial charge is 0.261 e. The molecule has 0 saturated carbocycles. The van der Waals surface area contributed by atoms with Crippen LogP contribution in [0.15, 0.2) is 18.6 Å². The van der Waals surface area contributed by atoms with Crippen LogP contribution in [0.4, 0.5) is 0 Å². The Morgan fingerprint density at radius 1 is 1.50 bits per heavy atom. The molecule has 0 radical (unpaired) electrons. The Morgan fingerprint density at radius 2 is 2.40 bits per heavy atom. The van der Waals surface area contributed by atoms with Gasteiger partial charge in [0, 0.05) is 31.4 Å². The first-order chi connectivity index (χ1) is 4.93. The number of hydrogen-bond donors (Lipinski definition) is 0. The van der Waals surface area contributed by atoms with E-state index in [0.29, 0.717) is 0 Å². The van der Waals surface area contributed by atoms with Crippen molar-refractivity contribution < 1.29 is 0 Å². The van der Waals surface area contributed by atoms with Gasteiger partial charge in [0.1, 0.15) is 0 Å². The Bertz CT molecular complexity index is 223. The molecule has 0 atom stereocenters. The minimum Gasteiger partial charge on any atom is -0.261 e. The van der Waals surface area contributed by atoms with Gasteiger partial charge in [-0.3, -0.25) is 9.97 Å². The van der Waals surface area contributed by atoms with Gasteiger partial charge in [0.05, 0.1) is 5.69 Å². The minimum absolute atomic E-state index is 0.735. The molecule has 1 aromatic heterocycles. The van der Waals surface area contributed by atoms with E-state index in [9.17, 15) is 0 Å². The van der Waals surface area contributed by atoms with Crippen molar-refractivity contribution in [3.05, 3.63) is 24.3 Å². The molecule has 10 heavy (non-hydrogen) atoms. The molecule has 0 aromatic carbocycles. The van der Waals surface area contributed by atoms with Gasteiger partial charge in [0.15, 0.2) is 0 Å². The SMILES string of the molecule is C#CCCc1cnccn1. The molecule has 0 unspecified atom stereocenters. The van der Waals surface area contributed by atoms with Gasteiger partial charge in [-0.2, -0.15) is 0 Å². The summed E-state index contributed by atoms with van der Waals surface area (Å²) in [6, 6.07) is 0. The molecule has 1 aromatic rings. The Hall–Kier alpha value is -1.36. The number of nitrogens with zero attached hydrogens (tertiary/aromatic N) is 2. The Balaban J connectivity index is 2.52. The number of aryl methyl sites for hydroxylation is 1. The predicted octanol–water partition coefficient (Wildman–Crippen LogP) is 1.04. The maximum absolute atomic E-state index is 5.08. The molecule has 1 rings (SSSR count). The average molecular weight is 132 g/mol. The topological polar surface area (TPSA) is 25.8 Å². The maximum Gasteiger partial charge on any atom is 0.0596 e. The van der Waals surface area contributed by atoms with E-state index in [2.05, 4.69) is 15.9 Å². The molecule has 0 fully saturated rings. The van der Waals surface area contributed by atoms with Crippen LogP contribution in [0.5, 0.6) is 0 Å². The van der Waals surface area contributed by atoms with Gasteiger partial charge in [-0.1, -0.05) is 0 Å². The van der Waals surface area contributed by atoms with Crippen LogP contribution >= 0.6 is 0 Å². The molecule has 0 amide bonds. The first-order valence-corrected chi connectivity index (χ1v) is 3.12. The fourth-order valence-electron chi connectivity index (χ4n) is 0.659. The van der Waals surface area contributed by atoms with Crippen molar-refractivity contribution in [2.24, 2.45) is 0 Å². The summed E-state index contributed by atoms with van der Waals surface area (Å²) in [5.74, 6) is 2.55. The number of terminal acetylenes is 1. The van der Waals surface area contributed by atoms with E-state index >= 15 is 0 Å². The molecule has 0 aliphatic rings. The predicted molar refractivity (Wildman–Crippen MR) is 39.2 cm³/mol. The van der Waals surface area contributed by atoms with Gasteiger partial charge < -0.3 is 0 Å². The van der Waals surface area contributed by atoms with Crippen molar-refractivity contribution in [3.63, 3.8) is 0 Å². The molecule has 0 bridgehead atoms. The van der Waals surface area contributed by atoms with Gasteiger partial charge in [-0.25, -0.2) is 0 Å². The third-order valence-electron chi connectivity index (χ3n) is 1.14. The lowest BCUT2D eigenvalue weighted by Crippen LogP contribution is -1.88. The lowest BCUT2D eigenvalue weighted by atomic mass is 10.2. The molecule has 0 N–H and O–H groups in total. The molecule has 1 heterocycles. The van der Waals surface area contributed by atoms with Crippen LogP contribution in [0.2, 0.25) is 0 Å². The fraction of sp³-hybridized carbons (Fsp3) is 0.250. The van der Waals surface area contributed by atoms with Gasteiger partial charge in [0.25, 0.3) is 0 Å². The van der Waals surface area contributed by atoms with Gasteiger partial charge >= 0.3 is 0 Å². The van der Waals surface area contributed by atoms with Crippen LogP contribution in [0.25, 0.3) is 0 Å². The van der Waals surface area contributed by atoms with Crippen molar-refractivity contribution in [1.82, 2.24) is 9.97 Å². The van der Waals surface area contributed by atoms with E-state index in [1.54, 1.807) is 18.6 Å². The highest BCUT2D eigenvalue weighted by molar-refractivity contribution is 4.98. The van der Waals surface area contributed by atoms with Crippen LogP contribution < -0.4 is 0 Å². The normalized spacial score (nSPS) is 8.70. The highest BCUT2D eigenvalue weighted by Crippen LogP contribution is 1.93. The molecule has 0 aliphatic heterocycles. The highest BCUT2D eigenvalue weighted by atomic mass is 14.8. The smallest absolute Gasteiger partial charge is 0.0596 e. The average Bonchev–Trinajstić information content (AvgIpc) is 2.03. The van der Waals surface area contributed by atoms with Crippen molar-refractivity contribution in [2.75, 3.05) is 0 Å². The first-order valence-electron chi connectivity index (χ1n) is 3.12. The van der Waals surface area contributed by atoms with Crippen LogP contribution in [0.1, 0.15) is 12.1 Å². The maximum atomic E-state index is 5.08. The van der Waals surface area contributed by atoms with Crippen LogP contribution in [-0.4, -0.2) is 9.97 Å². The number of hydrogen-bond acceptors (Lipinski definition) is 2. The van der Waals surface area contributed by atoms with Gasteiger partial charge in [-0.15, -0.1) is 12.3 Å². The zero-order valence-electron chi connectivity index (χ0n) is 5.62. The molecular formula is C8H8N2. The third kappa shape index (κ3) is 1.87. The monoisotopic (exact) mass is 132 g/mol. The third-order valence-corrected chi connectivity index (χ3v) is 1.14. The summed E-state index contributed by atoms with van der Waals surface area (Å²) >= 11 is 0. The Morgan fingerprint density at radius 3 is 3.00 bits per heavy atom. The summed E-state index contributed by atoms with van der Waals surface area (Å²) in [7, 11) is 0. The van der Waals surface area contributed by atoms with E-state index in [4.69, 9.17) is 6.42 Å². The minimum atomic E-state index is 0.735. The Labute approximate surface area is 60.3 Å². The molecule has 2 heteroatoms. The number of aromatic nitrogens is 2. The summed E-state index contributed by atoms with van der Waals surface area (Å²) in [4.78, 5) is 7.96. The first kappa shape index (κ1) is 6.76. The standard InChI is InChI=1S/C8H8N2/c1-2-3-4-8-7-9-5-6-10-8/h1,5-7H,3-4H2. The summed E-state index contributed by atoms with van der Waals surface area (Å²) in [6.07, 6.45) is 11.7. The fourth-order valence-corrected chi connectivity index (χ4v) is 0.659. The summed E-state index contributed by atoms with van der Waals surface area (Å²) < 4.78 is 0. The lowest BCUT2D eigenvalue weighted by molar-refractivity contribution is 0.941. The van der Waals surface area contributed by atoms with E-state index in [-0.39, 0.29) is 0 Å². The van der Waals surface area contributed by atoms with Gasteiger partial charge in [-0.05, 0) is 0 Å². The van der Waals surface area contributed by atoms with E-state index in [0.717, 1.165) is 18.5 Å². The quantitative estimate of drug-likeness (QED) is 0.562. The number of rotatable bonds is 2. The van der Waals surface area contributed by atoms with E-state index in [1.807, 2.05) is 0 Å². The molecule has 0 spiro atoms. The second-order valence-electron chi connectivity index (χ2n) is 1.90. The second-order valence-corrected chi connectivity index (χ2v) is 1.90. The van der Waals surface area contributed by atoms with Crippen molar-refractivity contribution >= 4 is 0 Å². The zero-order valence-corrected chi connectivity index (χ0v) is 5.62. The Kier molecular flexibility index (Phi) is 2.45. The second kappa shape index (κ2) is 3.62. The van der Waals surface area contributed by atoms with E-state index < -0.39 is 0 Å². The van der Waals surface area contributed by atoms with Crippen molar-refractivity contribution in [2.45, 2.75) is 12.8 Å². The lowest BCUT2D eigenvalue weighted by Gasteiger charge is -1.91. The van der Waals surface area contributed by atoms with Crippen LogP contribution in [0, 0.1) is 12.3 Å². The summed E-state index contributed by atoms with van der Waals surface area (Å²) in [5.41, 5.74) is 0.959. The summed E-state index contributed by atoms with van der Waals surface area (Å²) in [5, 5.41) is 0. The van der Waals surface area contributed by atoms with E-state index in [1.165, 1.54) is 0 Å². The molecule has 0 saturated heterocycles. The van der Waals surface area contributed by atoms with Crippen LogP contribution in [0.3, 0.4) is 0 Å². The van der Waals surface area contributed by atoms with Gasteiger partial charge in [0.2, 0.25) is 0 Å². The zero-order chi connectivity index (χ0) is 7.23. The molecular weight excluding hydrogens is 124 g/mol. The molecule has 2 nitrogen and oxygen atoms in total. The molecule has 0 aliphatic carbocycles. The molecule has 50 valence electrons.